The van der Waals surface area contributed by atoms with E-state index in [-0.39, 0.29) is 6.04 Å². The van der Waals surface area contributed by atoms with Gasteiger partial charge in [0.25, 0.3) is 5.89 Å². The average Bonchev–Trinajstić information content (AvgIpc) is 3.23. The van der Waals surface area contributed by atoms with Crippen molar-refractivity contribution in [2.75, 3.05) is 19.8 Å². The largest absolute Gasteiger partial charge is 0.378 e. The van der Waals surface area contributed by atoms with Crippen LogP contribution in [0.4, 0.5) is 0 Å². The minimum atomic E-state index is -0.0101. The van der Waals surface area contributed by atoms with Gasteiger partial charge in [-0.2, -0.15) is 10.1 Å². The molecule has 0 saturated carbocycles. The second-order valence-corrected chi connectivity index (χ2v) is 6.32. The molecule has 0 amide bonds. The fourth-order valence-electron chi connectivity index (χ4n) is 3.04. The maximum Gasteiger partial charge on any atom is 0.257 e. The molecule has 0 radical (unpaired) electrons. The molecule has 7 nitrogen and oxygen atoms in total. The normalized spacial score (nSPS) is 17.8. The van der Waals surface area contributed by atoms with Crippen molar-refractivity contribution in [2.24, 2.45) is 0 Å². The highest BCUT2D eigenvalue weighted by atomic mass is 16.5. The van der Waals surface area contributed by atoms with Gasteiger partial charge in [0.05, 0.1) is 31.5 Å². The van der Waals surface area contributed by atoms with Crippen LogP contribution in [-0.2, 0) is 11.3 Å². The highest BCUT2D eigenvalue weighted by molar-refractivity contribution is 5.54. The van der Waals surface area contributed by atoms with Crippen LogP contribution in [0.3, 0.4) is 0 Å². The molecule has 0 unspecified atom stereocenters. The molecule has 0 spiro atoms. The molecular weight excluding hydrogens is 318 g/mol. The predicted octanol–water partition coefficient (Wildman–Crippen LogP) is 2.26. The quantitative estimate of drug-likeness (QED) is 0.785. The van der Waals surface area contributed by atoms with E-state index >= 15 is 0 Å². The number of hydrogen-bond donors (Lipinski definition) is 1. The van der Waals surface area contributed by atoms with Crippen LogP contribution in [-0.4, -0.2) is 39.7 Å². The zero-order valence-electron chi connectivity index (χ0n) is 14.4. The summed E-state index contributed by atoms with van der Waals surface area (Å²) >= 11 is 0. The summed E-state index contributed by atoms with van der Waals surface area (Å²) in [5.41, 5.74) is 4.22. The highest BCUT2D eigenvalue weighted by Crippen LogP contribution is 2.22. The minimum absolute atomic E-state index is 0.0101. The van der Waals surface area contributed by atoms with Crippen molar-refractivity contribution in [2.45, 2.75) is 26.4 Å². The van der Waals surface area contributed by atoms with Gasteiger partial charge in [0.2, 0.25) is 0 Å². The van der Waals surface area contributed by atoms with Crippen LogP contribution in [0.25, 0.3) is 11.5 Å². The van der Waals surface area contributed by atoms with Gasteiger partial charge in [-0.3, -0.25) is 4.68 Å². The maximum absolute atomic E-state index is 5.46. The molecule has 7 heteroatoms. The van der Waals surface area contributed by atoms with Gasteiger partial charge < -0.3 is 14.6 Å². The van der Waals surface area contributed by atoms with E-state index in [0.717, 1.165) is 35.7 Å². The van der Waals surface area contributed by atoms with Crippen molar-refractivity contribution in [3.05, 3.63) is 53.1 Å². The lowest BCUT2D eigenvalue weighted by atomic mass is 10.1. The fraction of sp³-hybridized carbons (Fsp3) is 0.389. The molecule has 3 aromatic rings. The highest BCUT2D eigenvalue weighted by Gasteiger charge is 2.21. The van der Waals surface area contributed by atoms with Gasteiger partial charge in [-0.25, -0.2) is 0 Å². The first-order valence-corrected chi connectivity index (χ1v) is 8.44. The van der Waals surface area contributed by atoms with Crippen LogP contribution >= 0.6 is 0 Å². The van der Waals surface area contributed by atoms with Gasteiger partial charge >= 0.3 is 0 Å². The van der Waals surface area contributed by atoms with Gasteiger partial charge in [-0.15, -0.1) is 0 Å². The summed E-state index contributed by atoms with van der Waals surface area (Å²) in [6.45, 7) is 6.86. The van der Waals surface area contributed by atoms with Crippen LogP contribution in [0.5, 0.6) is 0 Å². The van der Waals surface area contributed by atoms with Crippen molar-refractivity contribution in [1.29, 1.82) is 0 Å². The molecule has 1 atom stereocenters. The number of ether oxygens (including phenoxy) is 1. The van der Waals surface area contributed by atoms with Crippen molar-refractivity contribution in [3.8, 4) is 11.5 Å². The second-order valence-electron chi connectivity index (χ2n) is 6.32. The Morgan fingerprint density at radius 3 is 2.96 bits per heavy atom. The van der Waals surface area contributed by atoms with Crippen molar-refractivity contribution < 1.29 is 9.26 Å². The third-order valence-corrected chi connectivity index (χ3v) is 4.28. The molecule has 0 bridgehead atoms. The summed E-state index contributed by atoms with van der Waals surface area (Å²) in [7, 11) is 0. The lowest BCUT2D eigenvalue weighted by Gasteiger charge is -2.20. The van der Waals surface area contributed by atoms with Crippen LogP contribution in [0.15, 0.2) is 34.9 Å². The number of nitrogens with one attached hydrogen (secondary N) is 1. The van der Waals surface area contributed by atoms with E-state index in [1.807, 2.05) is 23.7 Å². The lowest BCUT2D eigenvalue weighted by Crippen LogP contribution is -2.35. The molecule has 0 aliphatic carbocycles. The Kier molecular flexibility index (Phi) is 4.33. The van der Waals surface area contributed by atoms with Crippen LogP contribution in [0.1, 0.15) is 28.8 Å². The van der Waals surface area contributed by atoms with Crippen LogP contribution in [0, 0.1) is 13.8 Å². The summed E-state index contributed by atoms with van der Waals surface area (Å²) in [6, 6.07) is 10.2. The van der Waals surface area contributed by atoms with Crippen LogP contribution in [0.2, 0.25) is 0 Å². The SMILES string of the molecule is Cc1cc(C)n(Cc2cccc(-c3nc([C@H]4COCCN4)no3)c2)n1. The fourth-order valence-corrected chi connectivity index (χ4v) is 3.04. The van der Waals surface area contributed by atoms with E-state index in [4.69, 9.17) is 9.26 Å². The Morgan fingerprint density at radius 2 is 2.20 bits per heavy atom. The molecule has 1 aromatic carbocycles. The lowest BCUT2D eigenvalue weighted by molar-refractivity contribution is 0.0734. The summed E-state index contributed by atoms with van der Waals surface area (Å²) < 4.78 is 12.9. The van der Waals surface area contributed by atoms with E-state index in [0.29, 0.717) is 24.9 Å². The van der Waals surface area contributed by atoms with Gasteiger partial charge in [0.15, 0.2) is 5.82 Å². The number of hydrogen-bond acceptors (Lipinski definition) is 6. The number of nitrogens with zero attached hydrogens (tertiary/aromatic N) is 4. The Balaban J connectivity index is 1.55. The molecule has 130 valence electrons. The molecule has 2 aromatic heterocycles. The molecule has 1 N–H and O–H groups in total. The summed E-state index contributed by atoms with van der Waals surface area (Å²) in [6.07, 6.45) is 0. The number of aromatic nitrogens is 4. The van der Waals surface area contributed by atoms with Gasteiger partial charge in [-0.05, 0) is 37.6 Å². The zero-order valence-corrected chi connectivity index (χ0v) is 14.4. The third kappa shape index (κ3) is 3.47. The van der Waals surface area contributed by atoms with Crippen molar-refractivity contribution in [3.63, 3.8) is 0 Å². The van der Waals surface area contributed by atoms with Gasteiger partial charge in [0, 0.05) is 17.8 Å². The first-order chi connectivity index (χ1) is 12.2. The van der Waals surface area contributed by atoms with Crippen molar-refractivity contribution in [1.82, 2.24) is 25.2 Å². The summed E-state index contributed by atoms with van der Waals surface area (Å²) in [4.78, 5) is 4.53. The monoisotopic (exact) mass is 339 g/mol. The van der Waals surface area contributed by atoms with E-state index in [9.17, 15) is 0 Å². The average molecular weight is 339 g/mol. The number of aryl methyl sites for hydroxylation is 2. The van der Waals surface area contributed by atoms with Gasteiger partial charge in [0.1, 0.15) is 0 Å². The van der Waals surface area contributed by atoms with E-state index in [2.05, 4.69) is 45.7 Å². The Bertz CT molecular complexity index is 864. The molecule has 1 saturated heterocycles. The third-order valence-electron chi connectivity index (χ3n) is 4.28. The Morgan fingerprint density at radius 1 is 1.28 bits per heavy atom. The van der Waals surface area contributed by atoms with E-state index < -0.39 is 0 Å². The Labute approximate surface area is 146 Å². The minimum Gasteiger partial charge on any atom is -0.378 e. The van der Waals surface area contributed by atoms with E-state index in [1.54, 1.807) is 0 Å². The zero-order chi connectivity index (χ0) is 17.2. The summed E-state index contributed by atoms with van der Waals surface area (Å²) in [5.74, 6) is 1.16. The number of rotatable bonds is 4. The topological polar surface area (TPSA) is 78.0 Å². The Hall–Kier alpha value is -2.51. The standard InChI is InChI=1S/C18H21N5O2/c1-12-8-13(2)23(21-12)10-14-4-3-5-15(9-14)18-20-17(22-25-18)16-11-24-7-6-19-16/h3-5,8-9,16,19H,6-7,10-11H2,1-2H3/t16-/m1/s1. The predicted molar refractivity (Wildman–Crippen MR) is 92.1 cm³/mol. The maximum atomic E-state index is 5.46. The second kappa shape index (κ2) is 6.78. The molecule has 1 fully saturated rings. The number of benzene rings is 1. The molecule has 3 heterocycles. The van der Waals surface area contributed by atoms with E-state index in [1.165, 1.54) is 0 Å². The van der Waals surface area contributed by atoms with Crippen LogP contribution < -0.4 is 5.32 Å². The molecular formula is C18H21N5O2. The molecule has 1 aliphatic heterocycles. The smallest absolute Gasteiger partial charge is 0.257 e. The first kappa shape index (κ1) is 16.0. The summed E-state index contributed by atoms with van der Waals surface area (Å²) in [5, 5.41) is 11.9. The molecule has 4 rings (SSSR count). The number of morpholine rings is 1. The van der Waals surface area contributed by atoms with Crippen molar-refractivity contribution >= 4 is 0 Å². The van der Waals surface area contributed by atoms with Gasteiger partial charge in [-0.1, -0.05) is 17.3 Å². The first-order valence-electron chi connectivity index (χ1n) is 8.44. The molecule has 1 aliphatic rings. The molecule has 25 heavy (non-hydrogen) atoms.